The van der Waals surface area contributed by atoms with Gasteiger partial charge in [-0.05, 0) is 55.6 Å². The van der Waals surface area contributed by atoms with E-state index in [1.165, 1.54) is 16.7 Å². The second-order valence-corrected chi connectivity index (χ2v) is 8.09. The largest absolute Gasteiger partial charge is 0.355 e. The summed E-state index contributed by atoms with van der Waals surface area (Å²) in [6.07, 6.45) is 9.59. The summed E-state index contributed by atoms with van der Waals surface area (Å²) >= 11 is 6.14. The molecule has 1 fully saturated rings. The number of hydrogen-bond acceptors (Lipinski definition) is 1. The van der Waals surface area contributed by atoms with Crippen LogP contribution in [0.3, 0.4) is 0 Å². The van der Waals surface area contributed by atoms with Crippen LogP contribution in [0.4, 0.5) is 0 Å². The Hall–Kier alpha value is -1.80. The quantitative estimate of drug-likeness (QED) is 0.766. The molecule has 1 amide bonds. The fraction of sp³-hybridized carbons (Fsp3) is 0.409. The lowest BCUT2D eigenvalue weighted by Gasteiger charge is -2.42. The number of fused-ring (bicyclic) bond motifs is 1. The first kappa shape index (κ1) is 16.7. The molecule has 1 aromatic carbocycles. The van der Waals surface area contributed by atoms with Crippen LogP contribution in [0.5, 0.6) is 0 Å². The van der Waals surface area contributed by atoms with Crippen molar-refractivity contribution in [3.05, 3.63) is 70.3 Å². The predicted molar refractivity (Wildman–Crippen MR) is 102 cm³/mol. The number of aryl methyl sites for hydroxylation is 1. The average molecular weight is 354 g/mol. The number of amides is 1. The predicted octanol–water partition coefficient (Wildman–Crippen LogP) is 4.72. The molecule has 2 aliphatic carbocycles. The Morgan fingerprint density at radius 1 is 1.12 bits per heavy atom. The molecule has 1 N–H and O–H groups in total. The molecule has 1 heterocycles. The third-order valence-corrected chi connectivity index (χ3v) is 6.38. The van der Waals surface area contributed by atoms with Crippen molar-refractivity contribution >= 4 is 17.5 Å². The molecule has 0 spiro atoms. The van der Waals surface area contributed by atoms with Gasteiger partial charge >= 0.3 is 0 Å². The minimum Gasteiger partial charge on any atom is -0.355 e. The SMILES string of the molecule is CC1=C[C@H]2C(=O)NC[C@H]2[C@@H](c2ccc(C)cc2)[C@H]1C1C=CC(Cl)=CC1. The summed E-state index contributed by atoms with van der Waals surface area (Å²) < 4.78 is 0. The Balaban J connectivity index is 1.77. The van der Waals surface area contributed by atoms with Gasteiger partial charge in [-0.2, -0.15) is 0 Å². The lowest BCUT2D eigenvalue weighted by Crippen LogP contribution is -2.36. The highest BCUT2D eigenvalue weighted by Gasteiger charge is 2.47. The molecule has 0 aromatic heterocycles. The van der Waals surface area contributed by atoms with Crippen LogP contribution >= 0.6 is 11.6 Å². The molecule has 1 aromatic rings. The maximum absolute atomic E-state index is 12.3. The Morgan fingerprint density at radius 2 is 1.88 bits per heavy atom. The van der Waals surface area contributed by atoms with Crippen LogP contribution in [-0.4, -0.2) is 12.5 Å². The van der Waals surface area contributed by atoms with E-state index in [-0.39, 0.29) is 11.8 Å². The minimum absolute atomic E-state index is 0.00857. The van der Waals surface area contributed by atoms with Gasteiger partial charge < -0.3 is 5.32 Å². The zero-order valence-electron chi connectivity index (χ0n) is 14.7. The van der Waals surface area contributed by atoms with Crippen molar-refractivity contribution in [2.75, 3.05) is 6.54 Å². The molecular formula is C22H24ClNO. The van der Waals surface area contributed by atoms with Gasteiger partial charge in [-0.1, -0.05) is 65.2 Å². The maximum Gasteiger partial charge on any atom is 0.227 e. The highest BCUT2D eigenvalue weighted by Crippen LogP contribution is 2.50. The third-order valence-electron chi connectivity index (χ3n) is 6.10. The first-order valence-corrected chi connectivity index (χ1v) is 9.49. The molecular weight excluding hydrogens is 330 g/mol. The van der Waals surface area contributed by atoms with Crippen LogP contribution in [0.2, 0.25) is 0 Å². The van der Waals surface area contributed by atoms with Gasteiger partial charge in [0.15, 0.2) is 0 Å². The maximum atomic E-state index is 12.3. The fourth-order valence-corrected chi connectivity index (χ4v) is 5.04. The normalized spacial score (nSPS) is 34.2. The van der Waals surface area contributed by atoms with Crippen LogP contribution in [0.25, 0.3) is 0 Å². The number of allylic oxidation sites excluding steroid dienone is 5. The number of hydrogen-bond donors (Lipinski definition) is 1. The number of benzene rings is 1. The zero-order valence-corrected chi connectivity index (χ0v) is 15.5. The molecule has 0 bridgehead atoms. The summed E-state index contributed by atoms with van der Waals surface area (Å²) in [5.74, 6) is 1.72. The van der Waals surface area contributed by atoms with Crippen LogP contribution < -0.4 is 5.32 Å². The first-order valence-electron chi connectivity index (χ1n) is 9.11. The zero-order chi connectivity index (χ0) is 17.6. The third kappa shape index (κ3) is 2.97. The Kier molecular flexibility index (Phi) is 4.33. The van der Waals surface area contributed by atoms with E-state index < -0.39 is 0 Å². The Morgan fingerprint density at radius 3 is 2.56 bits per heavy atom. The number of carbonyl (C=O) groups excluding carboxylic acids is 1. The van der Waals surface area contributed by atoms with Gasteiger partial charge in [0.05, 0.1) is 5.92 Å². The van der Waals surface area contributed by atoms with Gasteiger partial charge in [-0.25, -0.2) is 0 Å². The summed E-state index contributed by atoms with van der Waals surface area (Å²) in [5.41, 5.74) is 3.96. The van der Waals surface area contributed by atoms with Crippen LogP contribution in [0, 0.1) is 30.6 Å². The van der Waals surface area contributed by atoms with E-state index in [0.29, 0.717) is 23.7 Å². The van der Waals surface area contributed by atoms with Gasteiger partial charge in [-0.3, -0.25) is 4.79 Å². The molecule has 0 saturated carbocycles. The van der Waals surface area contributed by atoms with Crippen LogP contribution in [-0.2, 0) is 4.79 Å². The average Bonchev–Trinajstić information content (AvgIpc) is 2.96. The monoisotopic (exact) mass is 353 g/mol. The van der Waals surface area contributed by atoms with E-state index in [9.17, 15) is 4.79 Å². The van der Waals surface area contributed by atoms with Gasteiger partial charge in [0, 0.05) is 11.6 Å². The van der Waals surface area contributed by atoms with Crippen molar-refractivity contribution in [2.24, 2.45) is 23.7 Å². The summed E-state index contributed by atoms with van der Waals surface area (Å²) in [5, 5.41) is 3.92. The van der Waals surface area contributed by atoms with Gasteiger partial charge in [0.25, 0.3) is 0 Å². The molecule has 3 heteroatoms. The summed E-state index contributed by atoms with van der Waals surface area (Å²) in [4.78, 5) is 12.3. The molecule has 2 nitrogen and oxygen atoms in total. The lowest BCUT2D eigenvalue weighted by atomic mass is 9.61. The molecule has 130 valence electrons. The van der Waals surface area contributed by atoms with E-state index >= 15 is 0 Å². The van der Waals surface area contributed by atoms with Crippen molar-refractivity contribution in [2.45, 2.75) is 26.2 Å². The Bertz CT molecular complexity index is 774. The second kappa shape index (κ2) is 6.49. The first-order chi connectivity index (χ1) is 12.0. The molecule has 3 aliphatic rings. The molecule has 5 atom stereocenters. The van der Waals surface area contributed by atoms with Crippen molar-refractivity contribution in [1.29, 1.82) is 0 Å². The van der Waals surface area contributed by atoms with Gasteiger partial charge in [0.2, 0.25) is 5.91 Å². The lowest BCUT2D eigenvalue weighted by molar-refractivity contribution is -0.121. The number of rotatable bonds is 2. The highest BCUT2D eigenvalue weighted by molar-refractivity contribution is 6.31. The molecule has 25 heavy (non-hydrogen) atoms. The van der Waals surface area contributed by atoms with Gasteiger partial charge in [0.1, 0.15) is 0 Å². The van der Waals surface area contributed by atoms with Crippen molar-refractivity contribution in [1.82, 2.24) is 5.32 Å². The van der Waals surface area contributed by atoms with Crippen LogP contribution in [0.15, 0.2) is 59.2 Å². The van der Waals surface area contributed by atoms with E-state index in [1.807, 2.05) is 6.08 Å². The van der Waals surface area contributed by atoms with Crippen LogP contribution in [0.1, 0.15) is 30.4 Å². The second-order valence-electron chi connectivity index (χ2n) is 7.66. The number of carbonyl (C=O) groups is 1. The van der Waals surface area contributed by atoms with Crippen molar-refractivity contribution in [3.8, 4) is 0 Å². The number of halogens is 1. The van der Waals surface area contributed by atoms with E-state index in [2.05, 4.69) is 61.7 Å². The highest BCUT2D eigenvalue weighted by atomic mass is 35.5. The molecule has 1 aliphatic heterocycles. The molecule has 0 radical (unpaired) electrons. The number of nitrogens with one attached hydrogen (secondary N) is 1. The smallest absolute Gasteiger partial charge is 0.227 e. The molecule has 4 rings (SSSR count). The summed E-state index contributed by atoms with van der Waals surface area (Å²) in [6.45, 7) is 5.09. The molecule has 1 unspecified atom stereocenters. The minimum atomic E-state index is 0.00857. The van der Waals surface area contributed by atoms with Crippen molar-refractivity contribution < 1.29 is 4.79 Å². The Labute approximate surface area is 154 Å². The van der Waals surface area contributed by atoms with E-state index in [1.54, 1.807) is 0 Å². The topological polar surface area (TPSA) is 29.1 Å². The van der Waals surface area contributed by atoms with E-state index in [0.717, 1.165) is 18.0 Å². The van der Waals surface area contributed by atoms with Crippen molar-refractivity contribution in [3.63, 3.8) is 0 Å². The summed E-state index contributed by atoms with van der Waals surface area (Å²) in [6, 6.07) is 8.88. The molecule has 1 saturated heterocycles. The van der Waals surface area contributed by atoms with E-state index in [4.69, 9.17) is 11.6 Å². The standard InChI is InChI=1S/C22H24ClNO/c1-13-3-5-16(6-4-13)21-19-12-24-22(25)18(19)11-14(2)20(21)15-7-9-17(23)10-8-15/h3-7,9-11,15,18-21H,8,12H2,1-2H3,(H,24,25)/t15?,18-,19-,20-,21-/m1/s1. The summed E-state index contributed by atoms with van der Waals surface area (Å²) in [7, 11) is 0. The van der Waals surface area contributed by atoms with Gasteiger partial charge in [-0.15, -0.1) is 0 Å². The fourth-order valence-electron chi connectivity index (χ4n) is 4.88.